The maximum atomic E-state index is 5.45. The van der Waals surface area contributed by atoms with Gasteiger partial charge in [-0.25, -0.2) is 15.8 Å². The number of halogens is 1. The molecule has 19 heavy (non-hydrogen) atoms. The highest BCUT2D eigenvalue weighted by molar-refractivity contribution is 9.10. The van der Waals surface area contributed by atoms with Crippen LogP contribution in [0.2, 0.25) is 0 Å². The predicted molar refractivity (Wildman–Crippen MR) is 80.8 cm³/mol. The predicted octanol–water partition coefficient (Wildman–Crippen LogP) is 3.07. The van der Waals surface area contributed by atoms with E-state index in [1.807, 2.05) is 18.2 Å². The normalized spacial score (nSPS) is 10.5. The van der Waals surface area contributed by atoms with Gasteiger partial charge in [-0.3, -0.25) is 0 Å². The zero-order valence-electron chi connectivity index (χ0n) is 10.9. The molecule has 5 heteroatoms. The van der Waals surface area contributed by atoms with Crippen LogP contribution in [0, 0.1) is 0 Å². The number of hydrazine groups is 1. The zero-order chi connectivity index (χ0) is 13.7. The minimum atomic E-state index is 0.670. The fourth-order valence-corrected chi connectivity index (χ4v) is 2.37. The Kier molecular flexibility index (Phi) is 4.87. The van der Waals surface area contributed by atoms with E-state index in [-0.39, 0.29) is 0 Å². The van der Waals surface area contributed by atoms with Crippen molar-refractivity contribution in [3.8, 4) is 0 Å². The number of anilines is 1. The molecular formula is C14H17BrN4. The molecule has 0 radical (unpaired) electrons. The zero-order valence-corrected chi connectivity index (χ0v) is 12.4. The van der Waals surface area contributed by atoms with E-state index in [1.165, 1.54) is 5.56 Å². The fraction of sp³-hybridized carbons (Fsp3) is 0.286. The van der Waals surface area contributed by atoms with Gasteiger partial charge in [0, 0.05) is 22.7 Å². The summed E-state index contributed by atoms with van der Waals surface area (Å²) in [5, 5.41) is 0. The average Bonchev–Trinajstić information content (AvgIpc) is 2.39. The van der Waals surface area contributed by atoms with Crippen LogP contribution in [0.5, 0.6) is 0 Å². The van der Waals surface area contributed by atoms with Crippen LogP contribution in [0.1, 0.15) is 30.4 Å². The van der Waals surface area contributed by atoms with Gasteiger partial charge in [-0.05, 0) is 24.1 Å². The maximum absolute atomic E-state index is 5.45. The van der Waals surface area contributed by atoms with Gasteiger partial charge in [0.15, 0.2) is 0 Å². The lowest BCUT2D eigenvalue weighted by Crippen LogP contribution is -2.12. The molecule has 0 bridgehead atoms. The molecule has 0 fully saturated rings. The van der Waals surface area contributed by atoms with Crippen LogP contribution in [-0.2, 0) is 12.8 Å². The summed E-state index contributed by atoms with van der Waals surface area (Å²) in [6.45, 7) is 2.13. The minimum absolute atomic E-state index is 0.670. The molecule has 1 aromatic carbocycles. The Morgan fingerprint density at radius 2 is 2.11 bits per heavy atom. The van der Waals surface area contributed by atoms with Gasteiger partial charge in [-0.2, -0.15) is 0 Å². The summed E-state index contributed by atoms with van der Waals surface area (Å²) in [5.41, 5.74) is 4.80. The minimum Gasteiger partial charge on any atom is -0.308 e. The smallest absolute Gasteiger partial charge is 0.143 e. The Bertz CT molecular complexity index is 557. The molecule has 0 spiro atoms. The molecule has 3 N–H and O–H groups in total. The summed E-state index contributed by atoms with van der Waals surface area (Å²) >= 11 is 3.47. The summed E-state index contributed by atoms with van der Waals surface area (Å²) in [6.07, 6.45) is 2.69. The van der Waals surface area contributed by atoms with E-state index in [2.05, 4.69) is 50.4 Å². The molecule has 100 valence electrons. The standard InChI is InChI=1S/C14H17BrN4/c1-2-4-12-9-14(19-16)18-13(17-12)8-10-5-3-6-11(15)7-10/h3,5-7,9H,2,4,8,16H2,1H3,(H,17,18,19). The second kappa shape index (κ2) is 6.63. The van der Waals surface area contributed by atoms with Crippen molar-refractivity contribution in [2.75, 3.05) is 5.43 Å². The first-order valence-electron chi connectivity index (χ1n) is 6.29. The number of rotatable bonds is 5. The Morgan fingerprint density at radius 1 is 1.26 bits per heavy atom. The molecule has 0 amide bonds. The quantitative estimate of drug-likeness (QED) is 0.656. The monoisotopic (exact) mass is 320 g/mol. The van der Waals surface area contributed by atoms with Gasteiger partial charge in [-0.15, -0.1) is 0 Å². The molecule has 2 aromatic rings. The number of aryl methyl sites for hydroxylation is 1. The molecule has 4 nitrogen and oxygen atoms in total. The number of hydrogen-bond acceptors (Lipinski definition) is 4. The summed E-state index contributed by atoms with van der Waals surface area (Å²) in [7, 11) is 0. The van der Waals surface area contributed by atoms with Crippen molar-refractivity contribution >= 4 is 21.7 Å². The number of benzene rings is 1. The molecule has 0 aliphatic rings. The number of aromatic nitrogens is 2. The molecule has 0 aliphatic heterocycles. The van der Waals surface area contributed by atoms with E-state index in [4.69, 9.17) is 5.84 Å². The summed E-state index contributed by atoms with van der Waals surface area (Å²) in [6, 6.07) is 10.1. The molecule has 0 saturated heterocycles. The number of nitrogens with one attached hydrogen (secondary N) is 1. The van der Waals surface area contributed by atoms with E-state index in [1.54, 1.807) is 0 Å². The van der Waals surface area contributed by atoms with Crippen molar-refractivity contribution < 1.29 is 0 Å². The van der Waals surface area contributed by atoms with E-state index >= 15 is 0 Å². The van der Waals surface area contributed by atoms with E-state index in [0.29, 0.717) is 12.2 Å². The molecule has 1 heterocycles. The number of hydrogen-bond donors (Lipinski definition) is 2. The highest BCUT2D eigenvalue weighted by Gasteiger charge is 2.05. The second-order valence-electron chi connectivity index (χ2n) is 4.36. The third kappa shape index (κ3) is 4.01. The van der Waals surface area contributed by atoms with Crippen LogP contribution in [-0.4, -0.2) is 9.97 Å². The van der Waals surface area contributed by atoms with Crippen molar-refractivity contribution in [2.45, 2.75) is 26.2 Å². The second-order valence-corrected chi connectivity index (χ2v) is 5.28. The average molecular weight is 321 g/mol. The lowest BCUT2D eigenvalue weighted by molar-refractivity contribution is 0.842. The van der Waals surface area contributed by atoms with Crippen LogP contribution < -0.4 is 11.3 Å². The van der Waals surface area contributed by atoms with Gasteiger partial charge < -0.3 is 5.43 Å². The van der Waals surface area contributed by atoms with Gasteiger partial charge in [-0.1, -0.05) is 41.4 Å². The third-order valence-corrected chi connectivity index (χ3v) is 3.22. The third-order valence-electron chi connectivity index (χ3n) is 2.73. The van der Waals surface area contributed by atoms with Crippen molar-refractivity contribution in [2.24, 2.45) is 5.84 Å². The number of nitrogen functional groups attached to an aromatic ring is 1. The van der Waals surface area contributed by atoms with E-state index in [9.17, 15) is 0 Å². The van der Waals surface area contributed by atoms with Crippen LogP contribution in [0.15, 0.2) is 34.8 Å². The maximum Gasteiger partial charge on any atom is 0.143 e. The van der Waals surface area contributed by atoms with Crippen molar-refractivity contribution in [1.29, 1.82) is 0 Å². The molecule has 0 aliphatic carbocycles. The highest BCUT2D eigenvalue weighted by atomic mass is 79.9. The summed E-state index contributed by atoms with van der Waals surface area (Å²) in [4.78, 5) is 8.97. The Hall–Kier alpha value is -1.46. The van der Waals surface area contributed by atoms with Crippen molar-refractivity contribution in [1.82, 2.24) is 9.97 Å². The lowest BCUT2D eigenvalue weighted by atomic mass is 10.1. The van der Waals surface area contributed by atoms with E-state index < -0.39 is 0 Å². The first-order valence-corrected chi connectivity index (χ1v) is 7.08. The summed E-state index contributed by atoms with van der Waals surface area (Å²) in [5.74, 6) is 6.91. The Morgan fingerprint density at radius 3 is 2.79 bits per heavy atom. The van der Waals surface area contributed by atoms with Gasteiger partial charge in [0.2, 0.25) is 0 Å². The molecule has 0 saturated carbocycles. The molecule has 0 atom stereocenters. The molecular weight excluding hydrogens is 304 g/mol. The van der Waals surface area contributed by atoms with Crippen molar-refractivity contribution in [3.63, 3.8) is 0 Å². The molecule has 2 rings (SSSR count). The first-order chi connectivity index (χ1) is 9.21. The Labute approximate surface area is 121 Å². The fourth-order valence-electron chi connectivity index (χ4n) is 1.92. The van der Waals surface area contributed by atoms with Gasteiger partial charge >= 0.3 is 0 Å². The SMILES string of the molecule is CCCc1cc(NN)nc(Cc2cccc(Br)c2)n1. The summed E-state index contributed by atoms with van der Waals surface area (Å²) < 4.78 is 1.06. The number of nitrogens with zero attached hydrogens (tertiary/aromatic N) is 2. The van der Waals surface area contributed by atoms with E-state index in [0.717, 1.165) is 28.8 Å². The van der Waals surface area contributed by atoms with Crippen LogP contribution in [0.25, 0.3) is 0 Å². The van der Waals surface area contributed by atoms with Gasteiger partial charge in [0.05, 0.1) is 0 Å². The largest absolute Gasteiger partial charge is 0.308 e. The van der Waals surface area contributed by atoms with Gasteiger partial charge in [0.1, 0.15) is 11.6 Å². The Balaban J connectivity index is 2.26. The van der Waals surface area contributed by atoms with Crippen LogP contribution >= 0.6 is 15.9 Å². The van der Waals surface area contributed by atoms with Gasteiger partial charge in [0.25, 0.3) is 0 Å². The topological polar surface area (TPSA) is 63.8 Å². The van der Waals surface area contributed by atoms with Crippen LogP contribution in [0.4, 0.5) is 5.82 Å². The number of nitrogens with two attached hydrogens (primary N) is 1. The van der Waals surface area contributed by atoms with Crippen molar-refractivity contribution in [3.05, 3.63) is 51.9 Å². The van der Waals surface area contributed by atoms with Crippen LogP contribution in [0.3, 0.4) is 0 Å². The first kappa shape index (κ1) is 14.0. The lowest BCUT2D eigenvalue weighted by Gasteiger charge is -2.07. The highest BCUT2D eigenvalue weighted by Crippen LogP contribution is 2.15. The molecule has 1 aromatic heterocycles. The molecule has 0 unspecified atom stereocenters.